The molecular formula is C17H27ClN2O. The van der Waals surface area contributed by atoms with Crippen LogP contribution in [0.15, 0.2) is 24.3 Å². The van der Waals surface area contributed by atoms with Crippen LogP contribution >= 0.6 is 12.4 Å². The van der Waals surface area contributed by atoms with Crippen LogP contribution in [0.4, 0.5) is 0 Å². The highest BCUT2D eigenvalue weighted by molar-refractivity contribution is 5.85. The molecule has 3 nitrogen and oxygen atoms in total. The van der Waals surface area contributed by atoms with Crippen LogP contribution in [0, 0.1) is 0 Å². The van der Waals surface area contributed by atoms with Gasteiger partial charge in [0.25, 0.3) is 0 Å². The van der Waals surface area contributed by atoms with Crippen molar-refractivity contribution in [1.82, 2.24) is 10.2 Å². The number of piperazine rings is 1. The van der Waals surface area contributed by atoms with E-state index in [1.807, 2.05) is 4.90 Å². The van der Waals surface area contributed by atoms with E-state index in [9.17, 15) is 4.79 Å². The molecule has 0 bridgehead atoms. The third-order valence-electron chi connectivity index (χ3n) is 4.10. The molecule has 1 saturated heterocycles. The SMILES string of the molecule is CC(C)c1ccc(CCC(=O)N2CCNC[C@H]2C)cc1.Cl. The molecule has 1 atom stereocenters. The van der Waals surface area contributed by atoms with Crippen molar-refractivity contribution in [2.24, 2.45) is 0 Å². The third kappa shape index (κ3) is 5.01. The number of benzene rings is 1. The number of nitrogens with one attached hydrogen (secondary N) is 1. The van der Waals surface area contributed by atoms with Gasteiger partial charge in [0.15, 0.2) is 0 Å². The molecule has 1 N–H and O–H groups in total. The van der Waals surface area contributed by atoms with Gasteiger partial charge in [-0.1, -0.05) is 38.1 Å². The van der Waals surface area contributed by atoms with Crippen molar-refractivity contribution in [3.05, 3.63) is 35.4 Å². The first kappa shape index (κ1) is 18.0. The Morgan fingerprint density at radius 3 is 2.57 bits per heavy atom. The molecule has 1 aromatic rings. The van der Waals surface area contributed by atoms with Gasteiger partial charge in [0.2, 0.25) is 5.91 Å². The van der Waals surface area contributed by atoms with Gasteiger partial charge >= 0.3 is 0 Å². The minimum absolute atomic E-state index is 0. The van der Waals surface area contributed by atoms with Crippen molar-refractivity contribution in [2.45, 2.75) is 45.6 Å². The van der Waals surface area contributed by atoms with Crippen LogP contribution in [-0.2, 0) is 11.2 Å². The second-order valence-corrected chi connectivity index (χ2v) is 6.04. The van der Waals surface area contributed by atoms with E-state index in [4.69, 9.17) is 0 Å². The Morgan fingerprint density at radius 2 is 2.00 bits per heavy atom. The highest BCUT2D eigenvalue weighted by Crippen LogP contribution is 2.16. The van der Waals surface area contributed by atoms with Crippen LogP contribution in [-0.4, -0.2) is 36.5 Å². The Bertz CT molecular complexity index is 445. The van der Waals surface area contributed by atoms with Crippen LogP contribution in [0.5, 0.6) is 0 Å². The van der Waals surface area contributed by atoms with Crippen molar-refractivity contribution >= 4 is 18.3 Å². The summed E-state index contributed by atoms with van der Waals surface area (Å²) in [5.41, 5.74) is 2.61. The predicted molar refractivity (Wildman–Crippen MR) is 90.1 cm³/mol. The molecule has 0 aliphatic carbocycles. The van der Waals surface area contributed by atoms with Crippen molar-refractivity contribution in [3.63, 3.8) is 0 Å². The molecule has 0 unspecified atom stereocenters. The van der Waals surface area contributed by atoms with Crippen molar-refractivity contribution in [2.75, 3.05) is 19.6 Å². The summed E-state index contributed by atoms with van der Waals surface area (Å²) in [6.45, 7) is 9.18. The molecule has 2 rings (SSSR count). The van der Waals surface area contributed by atoms with Crippen LogP contribution in [0.1, 0.15) is 44.2 Å². The summed E-state index contributed by atoms with van der Waals surface area (Å²) in [6.07, 6.45) is 1.46. The molecule has 1 heterocycles. The molecule has 0 saturated carbocycles. The molecule has 1 aliphatic rings. The molecule has 0 radical (unpaired) electrons. The molecule has 1 aromatic carbocycles. The van der Waals surface area contributed by atoms with E-state index in [0.29, 0.717) is 18.4 Å². The minimum atomic E-state index is 0. The summed E-state index contributed by atoms with van der Waals surface area (Å²) in [5.74, 6) is 0.847. The first-order valence-corrected chi connectivity index (χ1v) is 7.67. The van der Waals surface area contributed by atoms with Gasteiger partial charge in [-0.3, -0.25) is 4.79 Å². The van der Waals surface area contributed by atoms with Gasteiger partial charge < -0.3 is 10.2 Å². The number of carbonyl (C=O) groups excluding carboxylic acids is 1. The Hall–Kier alpha value is -1.06. The Kier molecular flexibility index (Phi) is 7.20. The number of amides is 1. The van der Waals surface area contributed by atoms with Gasteiger partial charge in [-0.05, 0) is 30.4 Å². The average molecular weight is 311 g/mol. The summed E-state index contributed by atoms with van der Waals surface area (Å²) in [7, 11) is 0. The number of hydrogen-bond donors (Lipinski definition) is 1. The molecular weight excluding hydrogens is 284 g/mol. The Labute approximate surface area is 134 Å². The Balaban J connectivity index is 0.00000220. The molecule has 1 aliphatic heterocycles. The van der Waals surface area contributed by atoms with Gasteiger partial charge in [-0.2, -0.15) is 0 Å². The maximum absolute atomic E-state index is 12.3. The second-order valence-electron chi connectivity index (χ2n) is 6.04. The second kappa shape index (κ2) is 8.40. The smallest absolute Gasteiger partial charge is 0.223 e. The molecule has 1 amide bonds. The normalized spacial score (nSPS) is 18.5. The number of halogens is 1. The predicted octanol–water partition coefficient (Wildman–Crippen LogP) is 2.98. The summed E-state index contributed by atoms with van der Waals surface area (Å²) in [5, 5.41) is 3.32. The quantitative estimate of drug-likeness (QED) is 0.927. The number of nitrogens with zero attached hydrogens (tertiary/aromatic N) is 1. The van der Waals surface area contributed by atoms with E-state index in [0.717, 1.165) is 26.1 Å². The fourth-order valence-electron chi connectivity index (χ4n) is 2.68. The van der Waals surface area contributed by atoms with Gasteiger partial charge in [0, 0.05) is 32.1 Å². The van der Waals surface area contributed by atoms with Crippen LogP contribution < -0.4 is 5.32 Å². The van der Waals surface area contributed by atoms with Crippen molar-refractivity contribution < 1.29 is 4.79 Å². The van der Waals surface area contributed by atoms with E-state index >= 15 is 0 Å². The van der Waals surface area contributed by atoms with Crippen LogP contribution in [0.3, 0.4) is 0 Å². The lowest BCUT2D eigenvalue weighted by molar-refractivity contribution is -0.133. The number of hydrogen-bond acceptors (Lipinski definition) is 2. The molecule has 0 spiro atoms. The van der Waals surface area contributed by atoms with Crippen LogP contribution in [0.25, 0.3) is 0 Å². The molecule has 0 aromatic heterocycles. The highest BCUT2D eigenvalue weighted by Gasteiger charge is 2.22. The minimum Gasteiger partial charge on any atom is -0.337 e. The molecule has 118 valence electrons. The van der Waals surface area contributed by atoms with E-state index in [1.54, 1.807) is 0 Å². The maximum Gasteiger partial charge on any atom is 0.223 e. The largest absolute Gasteiger partial charge is 0.337 e. The summed E-state index contributed by atoms with van der Waals surface area (Å²) >= 11 is 0. The zero-order chi connectivity index (χ0) is 14.5. The first-order valence-electron chi connectivity index (χ1n) is 7.67. The fourth-order valence-corrected chi connectivity index (χ4v) is 2.68. The average Bonchev–Trinajstić information content (AvgIpc) is 2.45. The summed E-state index contributed by atoms with van der Waals surface area (Å²) in [4.78, 5) is 14.3. The monoisotopic (exact) mass is 310 g/mol. The zero-order valence-electron chi connectivity index (χ0n) is 13.3. The molecule has 4 heteroatoms. The number of carbonyl (C=O) groups is 1. The standard InChI is InChI=1S/C17H26N2O.ClH/c1-13(2)16-7-4-15(5-8-16)6-9-17(20)19-11-10-18-12-14(19)3;/h4-5,7-8,13-14,18H,6,9-12H2,1-3H3;1H/t14-;/m1./s1. The number of aryl methyl sites for hydroxylation is 1. The number of rotatable bonds is 4. The molecule has 21 heavy (non-hydrogen) atoms. The van der Waals surface area contributed by atoms with E-state index in [2.05, 4.69) is 50.4 Å². The fraction of sp³-hybridized carbons (Fsp3) is 0.588. The molecule has 1 fully saturated rings. The van der Waals surface area contributed by atoms with Gasteiger partial charge in [0.1, 0.15) is 0 Å². The topological polar surface area (TPSA) is 32.3 Å². The maximum atomic E-state index is 12.3. The van der Waals surface area contributed by atoms with Crippen molar-refractivity contribution in [3.8, 4) is 0 Å². The van der Waals surface area contributed by atoms with E-state index in [1.165, 1.54) is 11.1 Å². The van der Waals surface area contributed by atoms with E-state index in [-0.39, 0.29) is 18.3 Å². The lowest BCUT2D eigenvalue weighted by Gasteiger charge is -2.34. The van der Waals surface area contributed by atoms with Crippen LogP contribution in [0.2, 0.25) is 0 Å². The summed E-state index contributed by atoms with van der Waals surface area (Å²) < 4.78 is 0. The highest BCUT2D eigenvalue weighted by atomic mass is 35.5. The van der Waals surface area contributed by atoms with Gasteiger partial charge in [0.05, 0.1) is 0 Å². The lowest BCUT2D eigenvalue weighted by Crippen LogP contribution is -2.52. The first-order chi connectivity index (χ1) is 9.58. The van der Waals surface area contributed by atoms with Crippen molar-refractivity contribution in [1.29, 1.82) is 0 Å². The summed E-state index contributed by atoms with van der Waals surface area (Å²) in [6, 6.07) is 8.99. The Morgan fingerprint density at radius 1 is 1.33 bits per heavy atom. The van der Waals surface area contributed by atoms with Gasteiger partial charge in [-0.15, -0.1) is 12.4 Å². The van der Waals surface area contributed by atoms with E-state index < -0.39 is 0 Å². The lowest BCUT2D eigenvalue weighted by atomic mass is 10.00. The third-order valence-corrected chi connectivity index (χ3v) is 4.10. The zero-order valence-corrected chi connectivity index (χ0v) is 14.1. The van der Waals surface area contributed by atoms with Gasteiger partial charge in [-0.25, -0.2) is 0 Å².